The second kappa shape index (κ2) is 11.8. The summed E-state index contributed by atoms with van der Waals surface area (Å²) in [6, 6.07) is 17.6. The van der Waals surface area contributed by atoms with Gasteiger partial charge in [-0.3, -0.25) is 19.2 Å². The number of aromatic nitrogens is 2. The first-order valence-electron chi connectivity index (χ1n) is 11.9. The van der Waals surface area contributed by atoms with E-state index >= 15 is 0 Å². The maximum absolute atomic E-state index is 12.9. The quantitative estimate of drug-likeness (QED) is 0.489. The zero-order chi connectivity index (χ0) is 24.6. The minimum absolute atomic E-state index is 0.0226. The van der Waals surface area contributed by atoms with E-state index in [2.05, 4.69) is 10.2 Å². The van der Waals surface area contributed by atoms with Crippen molar-refractivity contribution in [2.24, 2.45) is 0 Å². The van der Waals surface area contributed by atoms with Crippen molar-refractivity contribution in [3.8, 4) is 11.3 Å². The number of carbonyl (C=O) groups excluding carboxylic acids is 2. The number of nitrogens with one attached hydrogen (secondary N) is 1. The molecule has 1 aromatic heterocycles. The lowest BCUT2D eigenvalue weighted by Crippen LogP contribution is -2.50. The Morgan fingerprint density at radius 1 is 1.03 bits per heavy atom. The fourth-order valence-corrected chi connectivity index (χ4v) is 4.31. The number of piperazine rings is 1. The van der Waals surface area contributed by atoms with Crippen LogP contribution in [0.5, 0.6) is 0 Å². The van der Waals surface area contributed by atoms with Crippen LogP contribution in [0.3, 0.4) is 0 Å². The first-order chi connectivity index (χ1) is 17.0. The maximum atomic E-state index is 12.9. The summed E-state index contributed by atoms with van der Waals surface area (Å²) in [6.45, 7) is 6.00. The Kier molecular flexibility index (Phi) is 8.34. The van der Waals surface area contributed by atoms with E-state index in [9.17, 15) is 9.59 Å². The maximum Gasteiger partial charge on any atom is 0.246 e. The third-order valence-electron chi connectivity index (χ3n) is 5.96. The fourth-order valence-electron chi connectivity index (χ4n) is 4.11. The molecule has 0 aliphatic carbocycles. The van der Waals surface area contributed by atoms with Crippen molar-refractivity contribution in [3.05, 3.63) is 83.0 Å². The van der Waals surface area contributed by atoms with Crippen LogP contribution in [0.15, 0.2) is 66.9 Å². The zero-order valence-electron chi connectivity index (χ0n) is 19.9. The zero-order valence-corrected chi connectivity index (χ0v) is 20.6. The Morgan fingerprint density at radius 2 is 1.74 bits per heavy atom. The van der Waals surface area contributed by atoms with Crippen molar-refractivity contribution < 1.29 is 9.59 Å². The van der Waals surface area contributed by atoms with Gasteiger partial charge in [0.05, 0.1) is 18.8 Å². The van der Waals surface area contributed by atoms with Crippen molar-refractivity contribution in [3.63, 3.8) is 0 Å². The molecule has 1 fully saturated rings. The third kappa shape index (κ3) is 6.59. The Labute approximate surface area is 211 Å². The molecule has 0 atom stereocenters. The normalized spacial score (nSPS) is 14.4. The summed E-state index contributed by atoms with van der Waals surface area (Å²) in [5, 5.41) is 8.31. The lowest BCUT2D eigenvalue weighted by molar-refractivity contribution is -0.128. The summed E-state index contributed by atoms with van der Waals surface area (Å²) >= 11 is 6.35. The number of hydrogen-bond donors (Lipinski definition) is 1. The molecule has 2 aromatic carbocycles. The van der Waals surface area contributed by atoms with Gasteiger partial charge < -0.3 is 10.2 Å². The molecule has 1 aliphatic rings. The SMILES string of the molecule is CCNC(=O)CN1CCN(C(=O)/C=C/c2cn(Cc3ccccc3Cl)nc2-c2ccccc2)CC1. The van der Waals surface area contributed by atoms with Crippen molar-refractivity contribution in [1.82, 2.24) is 24.9 Å². The van der Waals surface area contributed by atoms with Gasteiger partial charge in [0.1, 0.15) is 0 Å². The monoisotopic (exact) mass is 491 g/mol. The molecular weight excluding hydrogens is 462 g/mol. The van der Waals surface area contributed by atoms with Crippen LogP contribution in [0.2, 0.25) is 5.02 Å². The van der Waals surface area contributed by atoms with Gasteiger partial charge in [0.25, 0.3) is 0 Å². The van der Waals surface area contributed by atoms with Crippen molar-refractivity contribution >= 4 is 29.5 Å². The lowest BCUT2D eigenvalue weighted by atomic mass is 10.1. The van der Waals surface area contributed by atoms with Crippen LogP contribution in [0.1, 0.15) is 18.1 Å². The molecule has 8 heteroatoms. The summed E-state index contributed by atoms with van der Waals surface area (Å²) in [5.74, 6) is -0.0186. The number of rotatable bonds is 8. The second-order valence-electron chi connectivity index (χ2n) is 8.48. The molecule has 1 saturated heterocycles. The first kappa shape index (κ1) is 24.7. The molecule has 0 spiro atoms. The summed E-state index contributed by atoms with van der Waals surface area (Å²) in [7, 11) is 0. The van der Waals surface area contributed by atoms with Gasteiger partial charge >= 0.3 is 0 Å². The standard InChI is InChI=1S/C27H30ClN5O2/c1-2-29-25(34)20-31-14-16-32(17-15-31)26(35)13-12-23-19-33(18-22-10-6-7-11-24(22)28)30-27(23)21-8-4-3-5-9-21/h3-13,19H,2,14-18,20H2,1H3,(H,29,34)/b13-12+. The van der Waals surface area contributed by atoms with Gasteiger partial charge in [0, 0.05) is 61.1 Å². The predicted octanol–water partition coefficient (Wildman–Crippen LogP) is 3.55. The average molecular weight is 492 g/mol. The van der Waals surface area contributed by atoms with Gasteiger partial charge in [-0.2, -0.15) is 5.10 Å². The molecule has 1 N–H and O–H groups in total. The van der Waals surface area contributed by atoms with Crippen molar-refractivity contribution in [2.75, 3.05) is 39.3 Å². The molecule has 35 heavy (non-hydrogen) atoms. The second-order valence-corrected chi connectivity index (χ2v) is 8.88. The van der Waals surface area contributed by atoms with Crippen LogP contribution in [0, 0.1) is 0 Å². The van der Waals surface area contributed by atoms with E-state index < -0.39 is 0 Å². The number of benzene rings is 2. The summed E-state index contributed by atoms with van der Waals surface area (Å²) in [4.78, 5) is 28.6. The van der Waals surface area contributed by atoms with E-state index in [1.165, 1.54) is 0 Å². The molecule has 0 radical (unpaired) electrons. The average Bonchev–Trinajstić information content (AvgIpc) is 3.28. The number of amides is 2. The van der Waals surface area contributed by atoms with E-state index in [4.69, 9.17) is 16.7 Å². The van der Waals surface area contributed by atoms with Gasteiger partial charge in [-0.05, 0) is 24.6 Å². The van der Waals surface area contributed by atoms with Crippen LogP contribution in [-0.4, -0.2) is 70.7 Å². The molecular formula is C27H30ClN5O2. The summed E-state index contributed by atoms with van der Waals surface area (Å²) in [6.07, 6.45) is 5.39. The van der Waals surface area contributed by atoms with Gasteiger partial charge in [-0.25, -0.2) is 0 Å². The van der Waals surface area contributed by atoms with Gasteiger partial charge in [0.2, 0.25) is 11.8 Å². The molecule has 4 rings (SSSR count). The van der Waals surface area contributed by atoms with Crippen LogP contribution >= 0.6 is 11.6 Å². The van der Waals surface area contributed by atoms with E-state index in [0.29, 0.717) is 50.8 Å². The third-order valence-corrected chi connectivity index (χ3v) is 6.33. The van der Waals surface area contributed by atoms with E-state index in [0.717, 1.165) is 22.4 Å². The predicted molar refractivity (Wildman–Crippen MR) is 139 cm³/mol. The topological polar surface area (TPSA) is 70.5 Å². The smallest absolute Gasteiger partial charge is 0.246 e. The number of halogens is 1. The van der Waals surface area contributed by atoms with Gasteiger partial charge in [-0.15, -0.1) is 0 Å². The van der Waals surface area contributed by atoms with E-state index in [1.54, 1.807) is 6.08 Å². The van der Waals surface area contributed by atoms with Crippen LogP contribution in [0.4, 0.5) is 0 Å². The Bertz CT molecular complexity index is 1180. The highest BCUT2D eigenvalue weighted by atomic mass is 35.5. The molecule has 182 valence electrons. The highest BCUT2D eigenvalue weighted by Gasteiger charge is 2.21. The number of carbonyl (C=O) groups is 2. The number of likely N-dealkylation sites (N-methyl/N-ethyl adjacent to an activating group) is 1. The van der Waals surface area contributed by atoms with Gasteiger partial charge in [0.15, 0.2) is 0 Å². The Balaban J connectivity index is 1.46. The highest BCUT2D eigenvalue weighted by Crippen LogP contribution is 2.24. The molecule has 3 aromatic rings. The summed E-state index contributed by atoms with van der Waals surface area (Å²) < 4.78 is 1.85. The first-order valence-corrected chi connectivity index (χ1v) is 12.2. The van der Waals surface area contributed by atoms with Gasteiger partial charge in [-0.1, -0.05) is 60.1 Å². The Hall–Kier alpha value is -3.42. The minimum Gasteiger partial charge on any atom is -0.355 e. The largest absolute Gasteiger partial charge is 0.355 e. The molecule has 1 aliphatic heterocycles. The highest BCUT2D eigenvalue weighted by molar-refractivity contribution is 6.31. The molecule has 7 nitrogen and oxygen atoms in total. The molecule has 0 unspecified atom stereocenters. The fraction of sp³-hybridized carbons (Fsp3) is 0.296. The molecule has 2 amide bonds. The Morgan fingerprint density at radius 3 is 2.46 bits per heavy atom. The minimum atomic E-state index is -0.0412. The number of hydrogen-bond acceptors (Lipinski definition) is 4. The molecule has 0 saturated carbocycles. The van der Waals surface area contributed by atoms with Crippen molar-refractivity contribution in [2.45, 2.75) is 13.5 Å². The van der Waals surface area contributed by atoms with Crippen molar-refractivity contribution in [1.29, 1.82) is 0 Å². The van der Waals surface area contributed by atoms with Crippen LogP contribution in [-0.2, 0) is 16.1 Å². The number of nitrogens with zero attached hydrogens (tertiary/aromatic N) is 4. The van der Waals surface area contributed by atoms with Crippen LogP contribution in [0.25, 0.3) is 17.3 Å². The van der Waals surface area contributed by atoms with E-state index in [1.807, 2.05) is 83.4 Å². The molecule has 0 bridgehead atoms. The lowest BCUT2D eigenvalue weighted by Gasteiger charge is -2.33. The van der Waals surface area contributed by atoms with E-state index in [-0.39, 0.29) is 11.8 Å². The van der Waals surface area contributed by atoms with Crippen LogP contribution < -0.4 is 5.32 Å². The summed E-state index contributed by atoms with van der Waals surface area (Å²) in [5.41, 5.74) is 3.64. The molecule has 2 heterocycles.